The van der Waals surface area contributed by atoms with Crippen LogP contribution in [0.15, 0.2) is 23.2 Å². The number of nitrogens with zero attached hydrogens (tertiary/aromatic N) is 2. The lowest BCUT2D eigenvalue weighted by atomic mass is 9.84. The van der Waals surface area contributed by atoms with Gasteiger partial charge in [-0.15, -0.1) is 13.2 Å². The second kappa shape index (κ2) is 15.0. The van der Waals surface area contributed by atoms with Gasteiger partial charge in [0.2, 0.25) is 11.8 Å². The number of Topliss-reactive ketones (excluding diaryl/α,β-unsaturated/α-hetero) is 1. The fourth-order valence-electron chi connectivity index (χ4n) is 8.20. The number of nitrogens with one attached hydrogen (secondary N) is 2. The molecule has 278 valence electrons. The summed E-state index contributed by atoms with van der Waals surface area (Å²) in [6.07, 6.45) is 1.98. The van der Waals surface area contributed by atoms with Crippen LogP contribution in [-0.2, 0) is 14.3 Å². The Morgan fingerprint density at radius 2 is 1.82 bits per heavy atom. The number of halogens is 3. The van der Waals surface area contributed by atoms with Gasteiger partial charge >= 0.3 is 12.5 Å². The number of amides is 2. The smallest absolute Gasteiger partial charge is 0.495 e. The number of hydrogen-bond acceptors (Lipinski definition) is 7. The van der Waals surface area contributed by atoms with Gasteiger partial charge in [-0.05, 0) is 73.3 Å². The first kappa shape index (κ1) is 37.7. The number of ether oxygens (including phenoxy) is 2. The van der Waals surface area contributed by atoms with Crippen molar-refractivity contribution in [3.05, 3.63) is 18.2 Å². The molecular formula is C37H53F3N4O6. The minimum atomic E-state index is -4.81. The molecule has 0 aromatic heterocycles. The summed E-state index contributed by atoms with van der Waals surface area (Å²) in [6, 6.07) is 2.05. The molecule has 5 unspecified atom stereocenters. The van der Waals surface area contributed by atoms with Crippen LogP contribution in [0.1, 0.15) is 99.3 Å². The van der Waals surface area contributed by atoms with E-state index < -0.39 is 41.7 Å². The number of ketones is 1. The fourth-order valence-corrected chi connectivity index (χ4v) is 8.20. The first-order valence-electron chi connectivity index (χ1n) is 18.2. The molecule has 0 bridgehead atoms. The molecule has 0 spiro atoms. The van der Waals surface area contributed by atoms with Crippen molar-refractivity contribution in [3.63, 3.8) is 0 Å². The first-order chi connectivity index (χ1) is 23.5. The SMILES string of the molecule is CC[C@@H]1CCN(C(=O)C(NC(=O)OC2CC3CC3[C@H]2CCCCCC2Nc3ccc(OC(F)(F)F)cc3N=C2O)C(C)(C)C)[C@@H]1C(=O)C(C)C. The highest BCUT2D eigenvalue weighted by Gasteiger charge is 2.54. The van der Waals surface area contributed by atoms with Crippen LogP contribution >= 0.6 is 0 Å². The van der Waals surface area contributed by atoms with Gasteiger partial charge in [-0.2, -0.15) is 0 Å². The van der Waals surface area contributed by atoms with Crippen LogP contribution in [0.3, 0.4) is 0 Å². The van der Waals surface area contributed by atoms with Crippen molar-refractivity contribution in [1.29, 1.82) is 0 Å². The van der Waals surface area contributed by atoms with E-state index in [0.29, 0.717) is 30.5 Å². The minimum absolute atomic E-state index is 0.0631. The molecule has 10 nitrogen and oxygen atoms in total. The molecule has 1 aromatic rings. The van der Waals surface area contributed by atoms with Gasteiger partial charge in [0.15, 0.2) is 5.78 Å². The van der Waals surface area contributed by atoms with Crippen LogP contribution in [0.2, 0.25) is 0 Å². The number of carbonyl (C=O) groups excluding carboxylic acids is 3. The second-order valence-electron chi connectivity index (χ2n) is 16.0. The number of aliphatic hydroxyl groups excluding tert-OH is 1. The van der Waals surface area contributed by atoms with E-state index in [4.69, 9.17) is 4.74 Å². The summed E-state index contributed by atoms with van der Waals surface area (Å²) in [5.41, 5.74) is 0.110. The third-order valence-corrected chi connectivity index (χ3v) is 11.0. The standard InChI is InChI=1S/C37H53F3N4O6/c1-7-21-15-16-44(30(21)31(45)20(2)3)34(47)32(36(4,5)6)43-35(48)49-29-18-22-17-25(22)24(29)11-9-8-10-12-27-33(46)42-28-19-23(50-37(38,39)40)13-14-26(28)41-27/h13-14,19-22,24-25,27,29-30,32,41H,7-12,15-18H2,1-6H3,(H,42,46)(H,43,48)/t21-,22?,24-,25?,27?,29?,30+,32?/m1/s1. The van der Waals surface area contributed by atoms with Gasteiger partial charge < -0.3 is 30.1 Å². The topological polar surface area (TPSA) is 130 Å². The zero-order valence-electron chi connectivity index (χ0n) is 30.0. The molecule has 5 rings (SSSR count). The van der Waals surface area contributed by atoms with Gasteiger partial charge in [0.05, 0.1) is 17.4 Å². The van der Waals surface area contributed by atoms with Crippen molar-refractivity contribution >= 4 is 35.1 Å². The predicted molar refractivity (Wildman–Crippen MR) is 183 cm³/mol. The number of alkyl carbamates (subject to hydrolysis) is 1. The van der Waals surface area contributed by atoms with E-state index in [1.165, 1.54) is 12.1 Å². The number of anilines is 1. The van der Waals surface area contributed by atoms with E-state index in [1.54, 1.807) is 4.90 Å². The summed E-state index contributed by atoms with van der Waals surface area (Å²) >= 11 is 0. The molecule has 0 radical (unpaired) electrons. The molecule has 3 N–H and O–H groups in total. The van der Waals surface area contributed by atoms with Gasteiger partial charge in [-0.25, -0.2) is 9.79 Å². The van der Waals surface area contributed by atoms with Gasteiger partial charge in [-0.1, -0.05) is 67.2 Å². The van der Waals surface area contributed by atoms with Crippen molar-refractivity contribution in [2.75, 3.05) is 11.9 Å². The van der Waals surface area contributed by atoms with Crippen LogP contribution in [-0.4, -0.2) is 70.8 Å². The molecule has 2 amide bonds. The average molecular weight is 707 g/mol. The Labute approximate surface area is 292 Å². The van der Waals surface area contributed by atoms with Crippen molar-refractivity contribution in [2.24, 2.45) is 40.0 Å². The maximum atomic E-state index is 14.0. The Morgan fingerprint density at radius 3 is 2.48 bits per heavy atom. The van der Waals surface area contributed by atoms with Crippen LogP contribution in [0.25, 0.3) is 0 Å². The molecule has 1 saturated heterocycles. The molecular weight excluding hydrogens is 653 g/mol. The van der Waals surface area contributed by atoms with Crippen LogP contribution in [0.4, 0.5) is 29.3 Å². The number of aliphatic hydroxyl groups is 1. The summed E-state index contributed by atoms with van der Waals surface area (Å²) in [5, 5.41) is 16.5. The molecule has 4 aliphatic rings. The quantitative estimate of drug-likeness (QED) is 0.178. The molecule has 8 atom stereocenters. The summed E-state index contributed by atoms with van der Waals surface area (Å²) in [6.45, 7) is 12.0. The Kier molecular flexibility index (Phi) is 11.3. The Hall–Kier alpha value is -3.51. The van der Waals surface area contributed by atoms with Crippen LogP contribution in [0.5, 0.6) is 5.75 Å². The lowest BCUT2D eigenvalue weighted by Gasteiger charge is -2.36. The summed E-state index contributed by atoms with van der Waals surface area (Å²) in [4.78, 5) is 46.3. The normalized spacial score (nSPS) is 27.9. The number of carbonyl (C=O) groups is 3. The van der Waals surface area contributed by atoms with E-state index in [2.05, 4.69) is 20.4 Å². The zero-order chi connectivity index (χ0) is 36.5. The Morgan fingerprint density at radius 1 is 1.10 bits per heavy atom. The van der Waals surface area contributed by atoms with E-state index >= 15 is 0 Å². The van der Waals surface area contributed by atoms with Crippen molar-refractivity contribution < 1.29 is 42.1 Å². The number of fused-ring (bicyclic) bond motifs is 2. The third-order valence-electron chi connectivity index (χ3n) is 11.0. The highest BCUT2D eigenvalue weighted by Crippen LogP contribution is 2.57. The molecule has 1 aromatic carbocycles. The predicted octanol–water partition coefficient (Wildman–Crippen LogP) is 7.94. The largest absolute Gasteiger partial charge is 0.573 e. The van der Waals surface area contributed by atoms with Crippen molar-refractivity contribution in [1.82, 2.24) is 10.2 Å². The van der Waals surface area contributed by atoms with Gasteiger partial charge in [-0.3, -0.25) is 9.59 Å². The van der Waals surface area contributed by atoms with E-state index in [0.717, 1.165) is 57.4 Å². The highest BCUT2D eigenvalue weighted by atomic mass is 19.4. The maximum Gasteiger partial charge on any atom is 0.573 e. The van der Waals surface area contributed by atoms with E-state index in [9.17, 15) is 32.7 Å². The number of alkyl halides is 3. The molecule has 3 fully saturated rings. The lowest BCUT2D eigenvalue weighted by Crippen LogP contribution is -2.58. The minimum Gasteiger partial charge on any atom is -0.495 e. The maximum absolute atomic E-state index is 14.0. The molecule has 50 heavy (non-hydrogen) atoms. The number of rotatable bonds is 13. The van der Waals surface area contributed by atoms with Crippen LogP contribution in [0, 0.1) is 35.0 Å². The molecule has 2 heterocycles. The molecule has 2 aliphatic heterocycles. The number of unbranched alkanes of at least 4 members (excludes halogenated alkanes) is 2. The third kappa shape index (κ3) is 8.85. The second-order valence-corrected chi connectivity index (χ2v) is 16.0. The number of hydrogen-bond donors (Lipinski definition) is 3. The van der Waals surface area contributed by atoms with Gasteiger partial charge in [0, 0.05) is 18.5 Å². The number of aliphatic imine (C=N–C) groups is 1. The monoisotopic (exact) mass is 706 g/mol. The summed E-state index contributed by atoms with van der Waals surface area (Å²) in [5.74, 6) is 0.499. The fraction of sp³-hybridized carbons (Fsp3) is 0.730. The highest BCUT2D eigenvalue weighted by molar-refractivity contribution is 5.94. The number of benzene rings is 1. The van der Waals surface area contributed by atoms with Gasteiger partial charge in [0.25, 0.3) is 0 Å². The summed E-state index contributed by atoms with van der Waals surface area (Å²) < 4.78 is 47.7. The molecule has 2 saturated carbocycles. The van der Waals surface area contributed by atoms with Crippen molar-refractivity contribution in [3.8, 4) is 5.75 Å². The van der Waals surface area contributed by atoms with E-state index in [-0.39, 0.29) is 47.1 Å². The van der Waals surface area contributed by atoms with Crippen LogP contribution < -0.4 is 15.4 Å². The molecule has 13 heteroatoms. The lowest BCUT2D eigenvalue weighted by molar-refractivity contribution is -0.274. The Balaban J connectivity index is 1.11. The summed E-state index contributed by atoms with van der Waals surface area (Å²) in [7, 11) is 0. The average Bonchev–Trinajstić information content (AvgIpc) is 3.50. The van der Waals surface area contributed by atoms with Crippen molar-refractivity contribution in [2.45, 2.75) is 130 Å². The zero-order valence-corrected chi connectivity index (χ0v) is 30.0. The first-order valence-corrected chi connectivity index (χ1v) is 18.2. The number of likely N-dealkylation sites (tertiary alicyclic amines) is 1. The van der Waals surface area contributed by atoms with Gasteiger partial charge in [0.1, 0.15) is 23.9 Å². The Bertz CT molecular complexity index is 1440. The molecule has 2 aliphatic carbocycles. The van der Waals surface area contributed by atoms with E-state index in [1.807, 2.05) is 41.5 Å².